The van der Waals surface area contributed by atoms with Crippen LogP contribution in [0, 0.1) is 0 Å². The quantitative estimate of drug-likeness (QED) is 0.458. The normalized spacial score (nSPS) is 12.3. The SMILES string of the molecule is Nc1ccc(-n2ncc(C(=O)Nc3ccnc(C(F)(F)F)c3)c2C(F)(F)F)c2ccnn12. The highest BCUT2D eigenvalue weighted by Crippen LogP contribution is 2.35. The van der Waals surface area contributed by atoms with Gasteiger partial charge in [0.2, 0.25) is 0 Å². The maximum absolute atomic E-state index is 13.9. The Morgan fingerprint density at radius 1 is 0.969 bits per heavy atom. The van der Waals surface area contributed by atoms with Crippen LogP contribution >= 0.6 is 0 Å². The van der Waals surface area contributed by atoms with Crippen molar-refractivity contribution in [3.05, 3.63) is 65.9 Å². The summed E-state index contributed by atoms with van der Waals surface area (Å²) < 4.78 is 81.9. The van der Waals surface area contributed by atoms with E-state index < -0.39 is 35.2 Å². The van der Waals surface area contributed by atoms with E-state index in [2.05, 4.69) is 15.2 Å². The van der Waals surface area contributed by atoms with Crippen molar-refractivity contribution in [2.75, 3.05) is 11.1 Å². The third-order valence-electron chi connectivity index (χ3n) is 4.38. The molecule has 0 radical (unpaired) electrons. The molecule has 14 heteroatoms. The maximum atomic E-state index is 13.9. The number of nitrogens with two attached hydrogens (primary N) is 1. The first-order valence-corrected chi connectivity index (χ1v) is 8.69. The van der Waals surface area contributed by atoms with Gasteiger partial charge >= 0.3 is 12.4 Å². The van der Waals surface area contributed by atoms with E-state index >= 15 is 0 Å². The molecule has 0 aliphatic carbocycles. The molecule has 1 amide bonds. The van der Waals surface area contributed by atoms with Gasteiger partial charge in [-0.15, -0.1) is 0 Å². The zero-order valence-electron chi connectivity index (χ0n) is 15.6. The van der Waals surface area contributed by atoms with E-state index in [-0.39, 0.29) is 22.7 Å². The first kappa shape index (κ1) is 21.1. The molecule has 4 aromatic rings. The highest BCUT2D eigenvalue weighted by atomic mass is 19.4. The third kappa shape index (κ3) is 3.70. The monoisotopic (exact) mass is 455 g/mol. The highest BCUT2D eigenvalue weighted by Gasteiger charge is 2.41. The Kier molecular flexibility index (Phi) is 4.79. The summed E-state index contributed by atoms with van der Waals surface area (Å²) in [6, 6.07) is 5.51. The maximum Gasteiger partial charge on any atom is 0.434 e. The molecule has 4 aromatic heterocycles. The number of nitrogens with zero attached hydrogens (tertiary/aromatic N) is 5. The summed E-state index contributed by atoms with van der Waals surface area (Å²) in [5.74, 6) is -1.14. The molecule has 3 N–H and O–H groups in total. The van der Waals surface area contributed by atoms with Crippen molar-refractivity contribution < 1.29 is 31.1 Å². The van der Waals surface area contributed by atoms with E-state index in [1.54, 1.807) is 0 Å². The summed E-state index contributed by atoms with van der Waals surface area (Å²) in [6.07, 6.45) is -7.06. The summed E-state index contributed by atoms with van der Waals surface area (Å²) >= 11 is 0. The Hall–Kier alpha value is -4.10. The van der Waals surface area contributed by atoms with E-state index in [1.807, 2.05) is 5.32 Å². The Morgan fingerprint density at radius 3 is 2.41 bits per heavy atom. The van der Waals surface area contributed by atoms with E-state index in [1.165, 1.54) is 28.9 Å². The lowest BCUT2D eigenvalue weighted by molar-refractivity contribution is -0.143. The fourth-order valence-electron chi connectivity index (χ4n) is 3.03. The van der Waals surface area contributed by atoms with Crippen LogP contribution < -0.4 is 11.1 Å². The van der Waals surface area contributed by atoms with Crippen LogP contribution in [0.3, 0.4) is 0 Å². The number of halogens is 6. The van der Waals surface area contributed by atoms with Crippen LogP contribution in [0.25, 0.3) is 11.2 Å². The van der Waals surface area contributed by atoms with Crippen LogP contribution in [0.1, 0.15) is 21.7 Å². The second-order valence-electron chi connectivity index (χ2n) is 6.47. The lowest BCUT2D eigenvalue weighted by atomic mass is 10.2. The predicted octanol–water partition coefficient (Wildman–Crippen LogP) is 3.79. The van der Waals surface area contributed by atoms with Gasteiger partial charge in [0.25, 0.3) is 5.91 Å². The minimum Gasteiger partial charge on any atom is -0.384 e. The number of anilines is 2. The van der Waals surface area contributed by atoms with Gasteiger partial charge in [-0.1, -0.05) is 0 Å². The molecule has 0 saturated heterocycles. The topological polar surface area (TPSA) is 103 Å². The molecule has 4 rings (SSSR count). The number of fused-ring (bicyclic) bond motifs is 1. The van der Waals surface area contributed by atoms with Gasteiger partial charge in [0, 0.05) is 11.9 Å². The largest absolute Gasteiger partial charge is 0.434 e. The van der Waals surface area contributed by atoms with E-state index in [0.717, 1.165) is 12.3 Å². The molecule has 0 spiro atoms. The van der Waals surface area contributed by atoms with Gasteiger partial charge in [-0.25, -0.2) is 9.20 Å². The van der Waals surface area contributed by atoms with Crippen molar-refractivity contribution in [1.29, 1.82) is 0 Å². The third-order valence-corrected chi connectivity index (χ3v) is 4.38. The number of carbonyl (C=O) groups is 1. The summed E-state index contributed by atoms with van der Waals surface area (Å²) in [5, 5.41) is 9.63. The first-order valence-electron chi connectivity index (χ1n) is 8.69. The average molecular weight is 455 g/mol. The van der Waals surface area contributed by atoms with Gasteiger partial charge < -0.3 is 11.1 Å². The van der Waals surface area contributed by atoms with Crippen molar-refractivity contribution in [3.63, 3.8) is 0 Å². The van der Waals surface area contributed by atoms with E-state index in [0.29, 0.717) is 16.9 Å². The van der Waals surface area contributed by atoms with Gasteiger partial charge in [0.1, 0.15) is 11.5 Å². The van der Waals surface area contributed by atoms with Crippen LogP contribution in [0.5, 0.6) is 0 Å². The molecule has 0 aliphatic heterocycles. The molecule has 32 heavy (non-hydrogen) atoms. The number of nitrogens with one attached hydrogen (secondary N) is 1. The molecular formula is C18H11F6N7O. The zero-order valence-corrected chi connectivity index (χ0v) is 15.6. The number of hydrogen-bond donors (Lipinski definition) is 2. The molecular weight excluding hydrogens is 444 g/mol. The lowest BCUT2D eigenvalue weighted by Gasteiger charge is -2.14. The average Bonchev–Trinajstić information content (AvgIpc) is 3.35. The number of rotatable bonds is 3. The van der Waals surface area contributed by atoms with Crippen molar-refractivity contribution >= 4 is 22.9 Å². The second kappa shape index (κ2) is 7.25. The number of carbonyl (C=O) groups excluding carboxylic acids is 1. The van der Waals surface area contributed by atoms with Crippen LogP contribution in [-0.2, 0) is 12.4 Å². The summed E-state index contributed by atoms with van der Waals surface area (Å²) in [4.78, 5) is 15.7. The van der Waals surface area contributed by atoms with E-state index in [4.69, 9.17) is 5.73 Å². The number of aromatic nitrogens is 5. The Labute approximate surface area is 174 Å². The number of alkyl halides is 6. The van der Waals surface area contributed by atoms with Crippen molar-refractivity contribution in [3.8, 4) is 5.69 Å². The number of nitrogen functional groups attached to an aromatic ring is 1. The summed E-state index contributed by atoms with van der Waals surface area (Å²) in [6.45, 7) is 0. The molecule has 0 atom stereocenters. The van der Waals surface area contributed by atoms with Gasteiger partial charge in [-0.05, 0) is 30.3 Å². The summed E-state index contributed by atoms with van der Waals surface area (Å²) in [5.41, 5.74) is 1.87. The molecule has 0 saturated carbocycles. The number of hydrogen-bond acceptors (Lipinski definition) is 5. The molecule has 166 valence electrons. The van der Waals surface area contributed by atoms with Crippen molar-refractivity contribution in [1.82, 2.24) is 24.4 Å². The molecule has 8 nitrogen and oxygen atoms in total. The van der Waals surface area contributed by atoms with Gasteiger partial charge in [-0.3, -0.25) is 9.78 Å². The first-order chi connectivity index (χ1) is 15.0. The Bertz CT molecular complexity index is 1320. The lowest BCUT2D eigenvalue weighted by Crippen LogP contribution is -2.21. The molecule has 4 heterocycles. The van der Waals surface area contributed by atoms with Crippen LogP contribution in [-0.4, -0.2) is 30.3 Å². The second-order valence-corrected chi connectivity index (χ2v) is 6.47. The fourth-order valence-corrected chi connectivity index (χ4v) is 3.03. The Morgan fingerprint density at radius 2 is 1.72 bits per heavy atom. The van der Waals surface area contributed by atoms with Crippen molar-refractivity contribution in [2.24, 2.45) is 0 Å². The zero-order chi connectivity index (χ0) is 23.3. The molecule has 0 unspecified atom stereocenters. The minimum atomic E-state index is -5.03. The predicted molar refractivity (Wildman–Crippen MR) is 98.9 cm³/mol. The van der Waals surface area contributed by atoms with Crippen molar-refractivity contribution in [2.45, 2.75) is 12.4 Å². The Balaban J connectivity index is 1.78. The van der Waals surface area contributed by atoms with Crippen LogP contribution in [0.4, 0.5) is 37.8 Å². The van der Waals surface area contributed by atoms with Gasteiger partial charge in [-0.2, -0.15) is 36.5 Å². The van der Waals surface area contributed by atoms with E-state index in [9.17, 15) is 31.1 Å². The summed E-state index contributed by atoms with van der Waals surface area (Å²) in [7, 11) is 0. The number of pyridine rings is 2. The van der Waals surface area contributed by atoms with Crippen LogP contribution in [0.2, 0.25) is 0 Å². The van der Waals surface area contributed by atoms with Gasteiger partial charge in [0.05, 0.1) is 29.2 Å². The smallest absolute Gasteiger partial charge is 0.384 e. The van der Waals surface area contributed by atoms with Crippen LogP contribution in [0.15, 0.2) is 48.9 Å². The highest BCUT2D eigenvalue weighted by molar-refractivity contribution is 6.05. The molecule has 0 aliphatic rings. The minimum absolute atomic E-state index is 0.0636. The molecule has 0 aromatic carbocycles. The molecule has 0 fully saturated rings. The standard InChI is InChI=1S/C18H11F6N7O/c19-17(20,21)13-7-9(3-5-26-13)29-16(32)10-8-28-31(15(10)18(22,23)24)11-1-2-14(25)30-12(11)4-6-27-30/h1-8H,25H2,(H,26,29,32). The van der Waals surface area contributed by atoms with Gasteiger partial charge in [0.15, 0.2) is 5.69 Å². The fraction of sp³-hybridized carbons (Fsp3) is 0.111. The molecule has 0 bridgehead atoms. The number of amides is 1.